The van der Waals surface area contributed by atoms with Crippen LogP contribution in [0.2, 0.25) is 0 Å². The van der Waals surface area contributed by atoms with Crippen molar-refractivity contribution in [1.82, 2.24) is 20.1 Å². The average Bonchev–Trinajstić information content (AvgIpc) is 3.29. The van der Waals surface area contributed by atoms with Gasteiger partial charge in [0.05, 0.1) is 19.8 Å². The number of ether oxygens (including phenoxy) is 2. The van der Waals surface area contributed by atoms with Gasteiger partial charge in [0.25, 0.3) is 11.8 Å². The van der Waals surface area contributed by atoms with Crippen LogP contribution in [-0.4, -0.2) is 81.9 Å². The predicted octanol–water partition coefficient (Wildman–Crippen LogP) is 3.63. The Balaban J connectivity index is 1.52. The van der Waals surface area contributed by atoms with Gasteiger partial charge in [0.2, 0.25) is 0 Å². The molecule has 2 N–H and O–H groups in total. The number of rotatable bonds is 11. The summed E-state index contributed by atoms with van der Waals surface area (Å²) in [5.41, 5.74) is 5.91. The van der Waals surface area contributed by atoms with Gasteiger partial charge in [0.1, 0.15) is 11.4 Å². The third-order valence-corrected chi connectivity index (χ3v) is 7.60. The molecule has 0 radical (unpaired) electrons. The number of benzene rings is 2. The van der Waals surface area contributed by atoms with Gasteiger partial charge in [-0.15, -0.1) is 0 Å². The summed E-state index contributed by atoms with van der Waals surface area (Å²) in [6.45, 7) is 6.72. The third kappa shape index (κ3) is 6.48. The minimum Gasteiger partial charge on any atom is -0.497 e. The van der Waals surface area contributed by atoms with Crippen LogP contribution in [0.5, 0.6) is 5.75 Å². The van der Waals surface area contributed by atoms with Crippen molar-refractivity contribution in [2.45, 2.75) is 25.9 Å². The molecule has 2 aromatic carbocycles. The van der Waals surface area contributed by atoms with Crippen LogP contribution in [0.3, 0.4) is 0 Å². The van der Waals surface area contributed by atoms with E-state index in [4.69, 9.17) is 9.47 Å². The number of hydrogen-bond acceptors (Lipinski definition) is 6. The Morgan fingerprint density at radius 1 is 1.05 bits per heavy atom. The summed E-state index contributed by atoms with van der Waals surface area (Å²) >= 11 is 0. The number of nitrogens with zero attached hydrogens (tertiary/aromatic N) is 3. The van der Waals surface area contributed by atoms with Gasteiger partial charge in [-0.3, -0.25) is 9.59 Å². The van der Waals surface area contributed by atoms with Crippen LogP contribution in [0.15, 0.2) is 48.7 Å². The van der Waals surface area contributed by atoms with E-state index >= 15 is 0 Å². The van der Waals surface area contributed by atoms with Crippen LogP contribution < -0.4 is 20.3 Å². The second-order valence-corrected chi connectivity index (χ2v) is 10.7. The summed E-state index contributed by atoms with van der Waals surface area (Å²) in [7, 11) is 9.26. The van der Waals surface area contributed by atoms with Crippen LogP contribution in [0.25, 0.3) is 11.1 Å². The van der Waals surface area contributed by atoms with Crippen LogP contribution in [0, 0.1) is 6.92 Å². The molecular formula is C31H41N5O4. The Morgan fingerprint density at radius 2 is 1.80 bits per heavy atom. The Labute approximate surface area is 237 Å². The number of aromatic nitrogens is 1. The minimum absolute atomic E-state index is 0.115. The van der Waals surface area contributed by atoms with Crippen LogP contribution in [0.1, 0.15) is 44.9 Å². The molecule has 1 aliphatic rings. The number of carbonyl (C=O) groups is 2. The van der Waals surface area contributed by atoms with Crippen LogP contribution in [0.4, 0.5) is 5.69 Å². The first-order valence-corrected chi connectivity index (χ1v) is 13.6. The number of aryl methyl sites for hydroxylation is 2. The van der Waals surface area contributed by atoms with Gasteiger partial charge in [-0.2, -0.15) is 0 Å². The first-order valence-electron chi connectivity index (χ1n) is 13.6. The molecule has 9 nitrogen and oxygen atoms in total. The first kappa shape index (κ1) is 29.2. The van der Waals surface area contributed by atoms with E-state index in [0.29, 0.717) is 36.2 Å². The van der Waals surface area contributed by atoms with E-state index in [2.05, 4.69) is 40.6 Å². The molecule has 1 saturated heterocycles. The highest BCUT2D eigenvalue weighted by atomic mass is 16.5. The molecule has 4 rings (SSSR count). The lowest BCUT2D eigenvalue weighted by molar-refractivity contribution is 0.0924. The molecule has 0 aliphatic carbocycles. The molecule has 214 valence electrons. The van der Waals surface area contributed by atoms with E-state index in [9.17, 15) is 9.59 Å². The molecule has 40 heavy (non-hydrogen) atoms. The first-order chi connectivity index (χ1) is 19.1. The lowest BCUT2D eigenvalue weighted by Gasteiger charge is -2.44. The van der Waals surface area contributed by atoms with Gasteiger partial charge in [0, 0.05) is 62.8 Å². The van der Waals surface area contributed by atoms with Crippen molar-refractivity contribution in [2.75, 3.05) is 59.5 Å². The van der Waals surface area contributed by atoms with E-state index in [0.717, 1.165) is 41.0 Å². The summed E-state index contributed by atoms with van der Waals surface area (Å²) in [5, 5.41) is 6.04. The van der Waals surface area contributed by atoms with Gasteiger partial charge in [-0.05, 0) is 81.0 Å². The van der Waals surface area contributed by atoms with Gasteiger partial charge >= 0.3 is 0 Å². The van der Waals surface area contributed by atoms with Crippen molar-refractivity contribution in [3.8, 4) is 16.9 Å². The fraction of sp³-hybridized carbons (Fsp3) is 0.419. The number of nitrogens with one attached hydrogen (secondary N) is 2. The summed E-state index contributed by atoms with van der Waals surface area (Å²) in [6, 6.07) is 14.1. The van der Waals surface area contributed by atoms with Gasteiger partial charge < -0.3 is 34.5 Å². The van der Waals surface area contributed by atoms with Gasteiger partial charge in [0.15, 0.2) is 0 Å². The fourth-order valence-electron chi connectivity index (χ4n) is 4.86. The SMILES string of the molecule is COCCNC(=O)c1cc(-c2cc(OC)cc(C(C)NC(=O)c3cc(N4CC(N(C)C)C4)ccc3C)c2)cn1C. The molecule has 3 aromatic rings. The second-order valence-electron chi connectivity index (χ2n) is 10.7. The number of methoxy groups -OCH3 is 2. The Hall–Kier alpha value is -3.82. The molecule has 1 fully saturated rings. The highest BCUT2D eigenvalue weighted by Crippen LogP contribution is 2.31. The molecule has 0 saturated carbocycles. The van der Waals surface area contributed by atoms with Crippen molar-refractivity contribution in [1.29, 1.82) is 0 Å². The standard InChI is InChI=1S/C31H41N5O4/c1-20-8-9-25(36-18-26(19-36)34(3)4)16-28(20)30(37)33-21(2)22-12-23(14-27(13-22)40-7)24-15-29(35(5)17-24)31(38)32-10-11-39-6/h8-9,12-17,21,26H,10-11,18-19H2,1-7H3,(H,32,38)(H,33,37). The monoisotopic (exact) mass is 547 g/mol. The Morgan fingerprint density at radius 3 is 2.48 bits per heavy atom. The molecule has 1 aliphatic heterocycles. The number of hydrogen-bond donors (Lipinski definition) is 2. The van der Waals surface area contributed by atoms with Crippen molar-refractivity contribution in [3.63, 3.8) is 0 Å². The molecule has 1 atom stereocenters. The lowest BCUT2D eigenvalue weighted by atomic mass is 9.99. The van der Waals surface area contributed by atoms with Gasteiger partial charge in [-0.25, -0.2) is 0 Å². The van der Waals surface area contributed by atoms with Crippen molar-refractivity contribution in [2.24, 2.45) is 7.05 Å². The molecule has 9 heteroatoms. The zero-order valence-electron chi connectivity index (χ0n) is 24.6. The minimum atomic E-state index is -0.271. The highest BCUT2D eigenvalue weighted by molar-refractivity contribution is 5.97. The highest BCUT2D eigenvalue weighted by Gasteiger charge is 2.29. The molecule has 0 spiro atoms. The number of anilines is 1. The number of carbonyl (C=O) groups excluding carboxylic acids is 2. The van der Waals surface area contributed by atoms with E-state index < -0.39 is 0 Å². The molecular weight excluding hydrogens is 506 g/mol. The Kier molecular flexibility index (Phi) is 9.17. The quantitative estimate of drug-likeness (QED) is 0.357. The van der Waals surface area contributed by atoms with Crippen molar-refractivity contribution < 1.29 is 19.1 Å². The topological polar surface area (TPSA) is 88.1 Å². The second kappa shape index (κ2) is 12.6. The van der Waals surface area contributed by atoms with Crippen molar-refractivity contribution >= 4 is 17.5 Å². The molecule has 1 aromatic heterocycles. The van der Waals surface area contributed by atoms with Crippen LogP contribution >= 0.6 is 0 Å². The largest absolute Gasteiger partial charge is 0.497 e. The Bertz CT molecular complexity index is 1360. The zero-order valence-corrected chi connectivity index (χ0v) is 24.6. The van der Waals surface area contributed by atoms with E-state index in [1.165, 1.54) is 0 Å². The van der Waals surface area contributed by atoms with E-state index in [1.807, 2.05) is 63.5 Å². The molecule has 2 heterocycles. The maximum atomic E-state index is 13.4. The summed E-state index contributed by atoms with van der Waals surface area (Å²) in [4.78, 5) is 30.6. The summed E-state index contributed by atoms with van der Waals surface area (Å²) < 4.78 is 12.4. The maximum Gasteiger partial charge on any atom is 0.267 e. The predicted molar refractivity (Wildman–Crippen MR) is 158 cm³/mol. The summed E-state index contributed by atoms with van der Waals surface area (Å²) in [5.74, 6) is 0.396. The third-order valence-electron chi connectivity index (χ3n) is 7.60. The van der Waals surface area contributed by atoms with Crippen LogP contribution in [-0.2, 0) is 11.8 Å². The molecule has 2 amide bonds. The average molecular weight is 548 g/mol. The van der Waals surface area contributed by atoms with E-state index in [1.54, 1.807) is 18.8 Å². The lowest BCUT2D eigenvalue weighted by Crippen LogP contribution is -2.57. The van der Waals surface area contributed by atoms with Gasteiger partial charge in [-0.1, -0.05) is 6.07 Å². The van der Waals surface area contributed by atoms with E-state index in [-0.39, 0.29) is 17.9 Å². The summed E-state index contributed by atoms with van der Waals surface area (Å²) in [6.07, 6.45) is 1.92. The fourth-order valence-corrected chi connectivity index (χ4v) is 4.86. The van der Waals surface area contributed by atoms with Crippen molar-refractivity contribution in [3.05, 3.63) is 71.0 Å². The number of likely N-dealkylation sites (N-methyl/N-ethyl adjacent to an activating group) is 1. The maximum absolute atomic E-state index is 13.4. The normalized spacial score (nSPS) is 14.2. The molecule has 0 bridgehead atoms. The smallest absolute Gasteiger partial charge is 0.267 e. The molecule has 1 unspecified atom stereocenters. The zero-order chi connectivity index (χ0) is 29.0. The number of amides is 2.